The van der Waals surface area contributed by atoms with Crippen LogP contribution >= 0.6 is 46.4 Å². The molecule has 1 aromatic carbocycles. The lowest BCUT2D eigenvalue weighted by molar-refractivity contribution is 1.11. The number of aromatic nitrogens is 1. The first-order chi connectivity index (χ1) is 7.39. The normalized spacial score (nSPS) is 12.0. The summed E-state index contributed by atoms with van der Waals surface area (Å²) in [5.41, 5.74) is 0.429. The molecule has 0 spiro atoms. The minimum Gasteiger partial charge on any atom is -0.353 e. The Balaban J connectivity index is 2.86. The Morgan fingerprint density at radius 1 is 1.19 bits per heavy atom. The predicted octanol–water partition coefficient (Wildman–Crippen LogP) is 4.01. The molecule has 0 amide bonds. The van der Waals surface area contributed by atoms with Crippen LogP contribution in [0.3, 0.4) is 0 Å². The van der Waals surface area contributed by atoms with Gasteiger partial charge in [0.1, 0.15) is 0 Å². The number of hydrogen-bond donors (Lipinski definition) is 1. The van der Waals surface area contributed by atoms with Crippen LogP contribution in [0, 0.1) is 0 Å². The first kappa shape index (κ1) is 12.1. The second-order valence-electron chi connectivity index (χ2n) is 3.21. The van der Waals surface area contributed by atoms with Crippen LogP contribution in [-0.2, 0) is 3.79 Å². The molecule has 1 aromatic heterocycles. The zero-order valence-corrected chi connectivity index (χ0v) is 10.8. The van der Waals surface area contributed by atoms with Gasteiger partial charge in [0, 0.05) is 11.5 Å². The van der Waals surface area contributed by atoms with E-state index < -0.39 is 3.79 Å². The molecule has 84 valence electrons. The molecule has 0 fully saturated rings. The topological polar surface area (TPSA) is 32.9 Å². The Kier molecular flexibility index (Phi) is 3.10. The Morgan fingerprint density at radius 2 is 1.88 bits per heavy atom. The molecule has 0 bridgehead atoms. The van der Waals surface area contributed by atoms with E-state index >= 15 is 0 Å². The third kappa shape index (κ3) is 2.16. The predicted molar refractivity (Wildman–Crippen MR) is 68.8 cm³/mol. The highest BCUT2D eigenvalue weighted by Gasteiger charge is 2.25. The van der Waals surface area contributed by atoms with E-state index in [4.69, 9.17) is 46.4 Å². The molecule has 0 saturated heterocycles. The van der Waals surface area contributed by atoms with Crippen molar-refractivity contribution in [3.8, 4) is 0 Å². The van der Waals surface area contributed by atoms with Crippen molar-refractivity contribution < 1.29 is 0 Å². The summed E-state index contributed by atoms with van der Waals surface area (Å²) >= 11 is 23.1. The quantitative estimate of drug-likeness (QED) is 0.732. The van der Waals surface area contributed by atoms with Crippen LogP contribution in [0.2, 0.25) is 5.02 Å². The Labute approximate surface area is 111 Å². The van der Waals surface area contributed by atoms with E-state index in [0.717, 1.165) is 0 Å². The summed E-state index contributed by atoms with van der Waals surface area (Å²) in [4.78, 5) is 14.6. The van der Waals surface area contributed by atoms with Crippen molar-refractivity contribution >= 4 is 57.3 Å². The highest BCUT2D eigenvalue weighted by molar-refractivity contribution is 6.66. The van der Waals surface area contributed by atoms with Gasteiger partial charge in [-0.15, -0.1) is 0 Å². The van der Waals surface area contributed by atoms with E-state index in [-0.39, 0.29) is 11.1 Å². The number of alkyl halides is 3. The van der Waals surface area contributed by atoms with Crippen molar-refractivity contribution in [3.05, 3.63) is 45.2 Å². The van der Waals surface area contributed by atoms with E-state index in [2.05, 4.69) is 4.98 Å². The SMILES string of the molecule is O=c1cc(C(Cl)(Cl)Cl)[nH]c2c(Cl)cccc12. The van der Waals surface area contributed by atoms with E-state index in [9.17, 15) is 4.79 Å². The molecule has 16 heavy (non-hydrogen) atoms. The van der Waals surface area contributed by atoms with Crippen LogP contribution in [0.5, 0.6) is 0 Å². The van der Waals surface area contributed by atoms with Gasteiger partial charge in [-0.2, -0.15) is 0 Å². The average Bonchev–Trinajstić information content (AvgIpc) is 2.18. The number of para-hydroxylation sites is 1. The molecular weight excluding hydrogens is 292 g/mol. The fraction of sp³-hybridized carbons (Fsp3) is 0.100. The summed E-state index contributed by atoms with van der Waals surface area (Å²) in [6.45, 7) is 0. The standard InChI is InChI=1S/C10H5Cl4NO/c11-6-3-1-2-5-7(16)4-8(10(12,13)14)15-9(5)6/h1-4H,(H,15,16). The zero-order valence-electron chi connectivity index (χ0n) is 7.73. The molecule has 0 aliphatic heterocycles. The van der Waals surface area contributed by atoms with Crippen molar-refractivity contribution in [2.75, 3.05) is 0 Å². The van der Waals surface area contributed by atoms with Crippen LogP contribution in [0.1, 0.15) is 5.69 Å². The summed E-state index contributed by atoms with van der Waals surface area (Å²) in [7, 11) is 0. The molecule has 0 atom stereocenters. The molecule has 0 radical (unpaired) electrons. The number of aromatic amines is 1. The maximum Gasteiger partial charge on any atom is 0.230 e. The molecular formula is C10H5Cl4NO. The minimum atomic E-state index is -1.67. The number of fused-ring (bicyclic) bond motifs is 1. The van der Waals surface area contributed by atoms with Gasteiger partial charge in [-0.3, -0.25) is 4.79 Å². The van der Waals surface area contributed by atoms with Crippen LogP contribution in [0.4, 0.5) is 0 Å². The molecule has 1 N–H and O–H groups in total. The van der Waals surface area contributed by atoms with Crippen molar-refractivity contribution in [2.45, 2.75) is 3.79 Å². The molecule has 2 rings (SSSR count). The van der Waals surface area contributed by atoms with Gasteiger partial charge in [-0.05, 0) is 12.1 Å². The summed E-state index contributed by atoms with van der Waals surface area (Å²) in [6.07, 6.45) is 0. The minimum absolute atomic E-state index is 0.197. The number of halogens is 4. The maximum atomic E-state index is 11.7. The first-order valence-corrected chi connectivity index (χ1v) is 5.79. The second-order valence-corrected chi connectivity index (χ2v) is 5.90. The smallest absolute Gasteiger partial charge is 0.230 e. The first-order valence-electron chi connectivity index (χ1n) is 4.28. The van der Waals surface area contributed by atoms with Gasteiger partial charge < -0.3 is 4.98 Å². The molecule has 0 aliphatic rings. The van der Waals surface area contributed by atoms with Gasteiger partial charge in [0.25, 0.3) is 0 Å². The van der Waals surface area contributed by atoms with Gasteiger partial charge >= 0.3 is 0 Å². The molecule has 0 aliphatic carbocycles. The number of H-pyrrole nitrogens is 1. The van der Waals surface area contributed by atoms with Crippen LogP contribution in [-0.4, -0.2) is 4.98 Å². The lowest BCUT2D eigenvalue weighted by Crippen LogP contribution is -2.11. The number of pyridine rings is 1. The third-order valence-corrected chi connectivity index (χ3v) is 3.05. The molecule has 2 aromatic rings. The van der Waals surface area contributed by atoms with E-state index in [0.29, 0.717) is 15.9 Å². The molecule has 2 nitrogen and oxygen atoms in total. The lowest BCUT2D eigenvalue weighted by Gasteiger charge is -2.12. The van der Waals surface area contributed by atoms with Crippen molar-refractivity contribution in [1.29, 1.82) is 0 Å². The monoisotopic (exact) mass is 295 g/mol. The summed E-state index contributed by atoms with van der Waals surface area (Å²) < 4.78 is -1.67. The molecule has 0 saturated carbocycles. The Morgan fingerprint density at radius 3 is 2.50 bits per heavy atom. The number of rotatable bonds is 0. The van der Waals surface area contributed by atoms with Crippen LogP contribution in [0.25, 0.3) is 10.9 Å². The van der Waals surface area contributed by atoms with E-state index in [1.54, 1.807) is 18.2 Å². The number of hydrogen-bond acceptors (Lipinski definition) is 1. The fourth-order valence-corrected chi connectivity index (χ4v) is 1.92. The van der Waals surface area contributed by atoms with Crippen molar-refractivity contribution in [1.82, 2.24) is 4.98 Å². The maximum absolute atomic E-state index is 11.7. The fourth-order valence-electron chi connectivity index (χ4n) is 1.39. The van der Waals surface area contributed by atoms with Gasteiger partial charge in [-0.25, -0.2) is 0 Å². The van der Waals surface area contributed by atoms with E-state index in [1.807, 2.05) is 0 Å². The van der Waals surface area contributed by atoms with Gasteiger partial charge in [0.2, 0.25) is 3.79 Å². The Bertz CT molecular complexity index is 600. The van der Waals surface area contributed by atoms with Crippen LogP contribution in [0.15, 0.2) is 29.1 Å². The largest absolute Gasteiger partial charge is 0.353 e. The van der Waals surface area contributed by atoms with Gasteiger partial charge in [0.05, 0.1) is 16.2 Å². The Hall–Kier alpha value is -0.410. The van der Waals surface area contributed by atoms with Crippen molar-refractivity contribution in [3.63, 3.8) is 0 Å². The van der Waals surface area contributed by atoms with Gasteiger partial charge in [-0.1, -0.05) is 52.5 Å². The number of nitrogens with one attached hydrogen (secondary N) is 1. The molecule has 6 heteroatoms. The average molecular weight is 297 g/mol. The van der Waals surface area contributed by atoms with Crippen LogP contribution < -0.4 is 5.43 Å². The number of benzene rings is 1. The summed E-state index contributed by atoms with van der Waals surface area (Å²) in [5.74, 6) is 0. The third-order valence-electron chi connectivity index (χ3n) is 2.12. The van der Waals surface area contributed by atoms with E-state index in [1.165, 1.54) is 6.07 Å². The molecule has 0 unspecified atom stereocenters. The van der Waals surface area contributed by atoms with Crippen molar-refractivity contribution in [2.24, 2.45) is 0 Å². The highest BCUT2D eigenvalue weighted by atomic mass is 35.6. The summed E-state index contributed by atoms with van der Waals surface area (Å²) in [6, 6.07) is 6.25. The van der Waals surface area contributed by atoms with Gasteiger partial charge in [0.15, 0.2) is 5.43 Å². The zero-order chi connectivity index (χ0) is 11.9. The lowest BCUT2D eigenvalue weighted by atomic mass is 10.2. The second kappa shape index (κ2) is 4.11. The highest BCUT2D eigenvalue weighted by Crippen LogP contribution is 2.37. The summed E-state index contributed by atoms with van der Waals surface area (Å²) in [5, 5.41) is 0.871. The molecule has 1 heterocycles.